The molecule has 0 radical (unpaired) electrons. The minimum absolute atomic E-state index is 0.186. The van der Waals surface area contributed by atoms with Crippen LogP contribution in [0, 0.1) is 21.4 Å². The highest BCUT2D eigenvalue weighted by Crippen LogP contribution is 2.24. The third-order valence-electron chi connectivity index (χ3n) is 1.68. The Bertz CT molecular complexity index is 414. The second-order valence-corrected chi connectivity index (χ2v) is 3.01. The summed E-state index contributed by atoms with van der Waals surface area (Å²) in [6.45, 7) is 1.64. The number of hydrogen-bond acceptors (Lipinski definition) is 4. The van der Waals surface area contributed by atoms with Gasteiger partial charge in [-0.1, -0.05) is 11.6 Å². The van der Waals surface area contributed by atoms with Crippen molar-refractivity contribution in [3.63, 3.8) is 0 Å². The standard InChI is InChI=1S/C8H6ClN3O2/c1-5(4-10)6-2-3-7(12(13)14)8(9)11-6/h2-3,5H,1H3. The van der Waals surface area contributed by atoms with E-state index in [9.17, 15) is 10.1 Å². The number of nitro groups is 1. The van der Waals surface area contributed by atoms with Gasteiger partial charge in [0.15, 0.2) is 0 Å². The van der Waals surface area contributed by atoms with Gasteiger partial charge in [0.05, 0.1) is 22.6 Å². The summed E-state index contributed by atoms with van der Waals surface area (Å²) in [6.07, 6.45) is 0. The van der Waals surface area contributed by atoms with E-state index in [0.29, 0.717) is 5.69 Å². The van der Waals surface area contributed by atoms with Crippen LogP contribution in [0.25, 0.3) is 0 Å². The summed E-state index contributed by atoms with van der Waals surface area (Å²) in [5.74, 6) is -0.423. The topological polar surface area (TPSA) is 79.8 Å². The minimum Gasteiger partial charge on any atom is -0.258 e. The average molecular weight is 212 g/mol. The van der Waals surface area contributed by atoms with E-state index in [1.807, 2.05) is 6.07 Å². The molecule has 5 nitrogen and oxygen atoms in total. The molecule has 0 bridgehead atoms. The summed E-state index contributed by atoms with van der Waals surface area (Å²) in [5.41, 5.74) is 0.184. The van der Waals surface area contributed by atoms with Crippen LogP contribution >= 0.6 is 11.6 Å². The maximum absolute atomic E-state index is 10.4. The SMILES string of the molecule is CC(C#N)c1ccc([N+](=O)[O-])c(Cl)n1. The first-order valence-corrected chi connectivity index (χ1v) is 4.14. The van der Waals surface area contributed by atoms with E-state index in [1.165, 1.54) is 12.1 Å². The molecule has 0 saturated carbocycles. The average Bonchev–Trinajstić information content (AvgIpc) is 2.15. The molecule has 1 unspecified atom stereocenters. The van der Waals surface area contributed by atoms with Crippen LogP contribution < -0.4 is 0 Å². The molecule has 0 aliphatic carbocycles. The van der Waals surface area contributed by atoms with Crippen LogP contribution in [0.5, 0.6) is 0 Å². The smallest absolute Gasteiger partial charge is 0.258 e. The lowest BCUT2D eigenvalue weighted by Crippen LogP contribution is -1.97. The first-order valence-electron chi connectivity index (χ1n) is 3.76. The Morgan fingerprint density at radius 3 is 2.79 bits per heavy atom. The normalized spacial score (nSPS) is 11.8. The summed E-state index contributed by atoms with van der Waals surface area (Å²) < 4.78 is 0. The van der Waals surface area contributed by atoms with Gasteiger partial charge in [0, 0.05) is 6.07 Å². The molecule has 0 amide bonds. The maximum atomic E-state index is 10.4. The van der Waals surface area contributed by atoms with E-state index < -0.39 is 10.8 Å². The molecule has 6 heteroatoms. The predicted molar refractivity (Wildman–Crippen MR) is 49.9 cm³/mol. The molecule has 1 atom stereocenters. The van der Waals surface area contributed by atoms with Crippen molar-refractivity contribution in [2.24, 2.45) is 0 Å². The zero-order valence-corrected chi connectivity index (χ0v) is 8.02. The van der Waals surface area contributed by atoms with Crippen molar-refractivity contribution in [3.8, 4) is 6.07 Å². The second-order valence-electron chi connectivity index (χ2n) is 2.65. The van der Waals surface area contributed by atoms with Gasteiger partial charge in [-0.3, -0.25) is 10.1 Å². The van der Waals surface area contributed by atoms with Gasteiger partial charge in [-0.2, -0.15) is 5.26 Å². The Hall–Kier alpha value is -1.67. The van der Waals surface area contributed by atoms with Crippen LogP contribution in [0.4, 0.5) is 5.69 Å². The Balaban J connectivity index is 3.14. The van der Waals surface area contributed by atoms with Gasteiger partial charge in [0.25, 0.3) is 0 Å². The summed E-state index contributed by atoms with van der Waals surface area (Å²) in [5, 5.41) is 18.8. The van der Waals surface area contributed by atoms with Gasteiger partial charge in [-0.25, -0.2) is 4.98 Å². The summed E-state index contributed by atoms with van der Waals surface area (Å²) in [6, 6.07) is 4.64. The van der Waals surface area contributed by atoms with Crippen molar-refractivity contribution in [3.05, 3.63) is 33.1 Å². The Morgan fingerprint density at radius 1 is 1.71 bits per heavy atom. The lowest BCUT2D eigenvalue weighted by Gasteiger charge is -2.01. The second kappa shape index (κ2) is 4.03. The maximum Gasteiger partial charge on any atom is 0.306 e. The van der Waals surface area contributed by atoms with Crippen LogP contribution in [0.3, 0.4) is 0 Å². The largest absolute Gasteiger partial charge is 0.306 e. The third-order valence-corrected chi connectivity index (χ3v) is 1.96. The number of aromatic nitrogens is 1. The molecule has 0 spiro atoms. The quantitative estimate of drug-likeness (QED) is 0.427. The van der Waals surface area contributed by atoms with E-state index in [2.05, 4.69) is 4.98 Å². The molecule has 0 fully saturated rings. The van der Waals surface area contributed by atoms with Gasteiger partial charge in [-0.05, 0) is 13.0 Å². The van der Waals surface area contributed by atoms with Gasteiger partial charge < -0.3 is 0 Å². The van der Waals surface area contributed by atoms with Crippen molar-refractivity contribution in [2.45, 2.75) is 12.8 Å². The summed E-state index contributed by atoms with van der Waals surface area (Å²) in [7, 11) is 0. The lowest BCUT2D eigenvalue weighted by molar-refractivity contribution is -0.385. The molecule has 0 N–H and O–H groups in total. The van der Waals surface area contributed by atoms with Crippen molar-refractivity contribution in [1.29, 1.82) is 5.26 Å². The molecule has 1 aromatic heterocycles. The van der Waals surface area contributed by atoms with Crippen LogP contribution in [0.15, 0.2) is 12.1 Å². The molecule has 0 aromatic carbocycles. The highest BCUT2D eigenvalue weighted by Gasteiger charge is 2.15. The summed E-state index contributed by atoms with van der Waals surface area (Å²) in [4.78, 5) is 13.5. The van der Waals surface area contributed by atoms with Crippen LogP contribution in [-0.4, -0.2) is 9.91 Å². The monoisotopic (exact) mass is 211 g/mol. The van der Waals surface area contributed by atoms with Crippen molar-refractivity contribution in [2.75, 3.05) is 0 Å². The fourth-order valence-corrected chi connectivity index (χ4v) is 1.11. The van der Waals surface area contributed by atoms with Crippen LogP contribution in [0.2, 0.25) is 5.15 Å². The van der Waals surface area contributed by atoms with E-state index in [4.69, 9.17) is 16.9 Å². The molecule has 0 aliphatic rings. The van der Waals surface area contributed by atoms with E-state index in [0.717, 1.165) is 0 Å². The highest BCUT2D eigenvalue weighted by molar-refractivity contribution is 6.31. The molecule has 0 saturated heterocycles. The van der Waals surface area contributed by atoms with Gasteiger partial charge in [0.2, 0.25) is 5.15 Å². The molecule has 72 valence electrons. The molecule has 0 aliphatic heterocycles. The number of nitrogens with zero attached hydrogens (tertiary/aromatic N) is 3. The van der Waals surface area contributed by atoms with E-state index in [-0.39, 0.29) is 10.8 Å². The lowest BCUT2D eigenvalue weighted by atomic mass is 10.1. The first kappa shape index (κ1) is 10.4. The number of halogens is 1. The number of hydrogen-bond donors (Lipinski definition) is 0. The Morgan fingerprint density at radius 2 is 2.36 bits per heavy atom. The molecule has 1 heterocycles. The van der Waals surface area contributed by atoms with Crippen molar-refractivity contribution < 1.29 is 4.92 Å². The number of nitriles is 1. The molecule has 14 heavy (non-hydrogen) atoms. The zero-order valence-electron chi connectivity index (χ0n) is 7.27. The fourth-order valence-electron chi connectivity index (χ4n) is 0.884. The zero-order chi connectivity index (χ0) is 10.7. The van der Waals surface area contributed by atoms with Crippen LogP contribution in [-0.2, 0) is 0 Å². The minimum atomic E-state index is -0.615. The van der Waals surface area contributed by atoms with Gasteiger partial charge in [0.1, 0.15) is 0 Å². The Kier molecular flexibility index (Phi) is 2.99. The third kappa shape index (κ3) is 1.98. The molecule has 1 aromatic rings. The van der Waals surface area contributed by atoms with Crippen LogP contribution in [0.1, 0.15) is 18.5 Å². The highest BCUT2D eigenvalue weighted by atomic mass is 35.5. The summed E-state index contributed by atoms with van der Waals surface area (Å²) >= 11 is 5.56. The van der Waals surface area contributed by atoms with Crippen molar-refractivity contribution in [1.82, 2.24) is 4.98 Å². The number of rotatable bonds is 2. The molecular formula is C8H6ClN3O2. The molecule has 1 rings (SSSR count). The van der Waals surface area contributed by atoms with Gasteiger partial charge in [-0.15, -0.1) is 0 Å². The molecular weight excluding hydrogens is 206 g/mol. The fraction of sp³-hybridized carbons (Fsp3) is 0.250. The Labute approximate surface area is 85.1 Å². The first-order chi connectivity index (χ1) is 6.56. The van der Waals surface area contributed by atoms with Gasteiger partial charge >= 0.3 is 5.69 Å². The van der Waals surface area contributed by atoms with E-state index in [1.54, 1.807) is 6.92 Å². The predicted octanol–water partition coefficient (Wildman–Crippen LogP) is 2.27. The van der Waals surface area contributed by atoms with E-state index >= 15 is 0 Å². The van der Waals surface area contributed by atoms with Crippen molar-refractivity contribution >= 4 is 17.3 Å². The number of pyridine rings is 1.